The second kappa shape index (κ2) is 9.11. The zero-order valence-electron chi connectivity index (χ0n) is 18.7. The lowest BCUT2D eigenvalue weighted by Crippen LogP contribution is -2.28. The van der Waals surface area contributed by atoms with E-state index in [0.717, 1.165) is 31.7 Å². The van der Waals surface area contributed by atoms with Gasteiger partial charge in [0.05, 0.1) is 22.4 Å². The number of hydrogen-bond donors (Lipinski definition) is 3. The monoisotopic (exact) mass is 510 g/mol. The highest BCUT2D eigenvalue weighted by Crippen LogP contribution is 2.40. The zero-order valence-corrected chi connectivity index (χ0v) is 20.2. The number of anilines is 3. The van der Waals surface area contributed by atoms with Crippen LogP contribution in [-0.4, -0.2) is 30.6 Å². The lowest BCUT2D eigenvalue weighted by atomic mass is 9.81. The Balaban J connectivity index is 1.68. The fourth-order valence-electron chi connectivity index (χ4n) is 4.88. The van der Waals surface area contributed by atoms with Crippen molar-refractivity contribution in [3.8, 4) is 0 Å². The molecule has 9 heteroatoms. The van der Waals surface area contributed by atoms with E-state index in [2.05, 4.69) is 10.6 Å². The van der Waals surface area contributed by atoms with E-state index in [1.165, 1.54) is 18.6 Å². The first-order chi connectivity index (χ1) is 16.7. The smallest absolute Gasteiger partial charge is 0.295 e. The first-order valence-electron chi connectivity index (χ1n) is 11.4. The van der Waals surface area contributed by atoms with Gasteiger partial charge in [-0.2, -0.15) is 8.42 Å². The lowest BCUT2D eigenvalue weighted by molar-refractivity contribution is 0.0977. The average Bonchev–Trinajstić information content (AvgIpc) is 2.84. The first kappa shape index (κ1) is 23.5. The molecule has 0 spiro atoms. The third kappa shape index (κ3) is 4.45. The summed E-state index contributed by atoms with van der Waals surface area (Å²) in [6, 6.07) is 14.4. The summed E-state index contributed by atoms with van der Waals surface area (Å²) in [4.78, 5) is 27.0. The van der Waals surface area contributed by atoms with Gasteiger partial charge in [-0.25, -0.2) is 0 Å². The fraction of sp³-hybridized carbons (Fsp3) is 0.231. The number of fused-ring (bicyclic) bond motifs is 2. The largest absolute Gasteiger partial charge is 0.382 e. The maximum atomic E-state index is 13.8. The van der Waals surface area contributed by atoms with Gasteiger partial charge in [0.15, 0.2) is 11.6 Å². The van der Waals surface area contributed by atoms with Crippen LogP contribution in [0.15, 0.2) is 59.5 Å². The number of hydrogen-bond acceptors (Lipinski definition) is 6. The topological polar surface area (TPSA) is 113 Å². The SMILES string of the molecule is O=C1c2cccc(S(=O)(=O)O)c2C(=O)c2c(Nc3ccc(Cl)cc3)ccc(NC3CCCCC3)c21. The van der Waals surface area contributed by atoms with E-state index >= 15 is 0 Å². The Bertz CT molecular complexity index is 1450. The molecule has 2 aliphatic carbocycles. The molecule has 5 rings (SSSR count). The maximum absolute atomic E-state index is 13.8. The quantitative estimate of drug-likeness (QED) is 0.288. The molecule has 0 heterocycles. The minimum atomic E-state index is -4.74. The molecule has 3 N–H and O–H groups in total. The van der Waals surface area contributed by atoms with Gasteiger partial charge in [0.25, 0.3) is 10.1 Å². The van der Waals surface area contributed by atoms with Gasteiger partial charge in [-0.3, -0.25) is 14.1 Å². The molecular weight excluding hydrogens is 488 g/mol. The van der Waals surface area contributed by atoms with Crippen LogP contribution in [0.1, 0.15) is 63.9 Å². The van der Waals surface area contributed by atoms with Crippen LogP contribution in [0.2, 0.25) is 5.02 Å². The molecule has 0 bridgehead atoms. The maximum Gasteiger partial charge on any atom is 0.295 e. The Labute approximate surface area is 208 Å². The van der Waals surface area contributed by atoms with Crippen LogP contribution in [0, 0.1) is 0 Å². The standard InChI is InChI=1S/C26H23ClN2O5S/c27-15-9-11-17(12-10-15)29-20-14-13-19(28-16-5-2-1-3-6-16)23-24(20)26(31)22-18(25(23)30)7-4-8-21(22)35(32,33)34/h4,7-14,16,28-29H,1-3,5-6H2,(H,32,33,34). The zero-order chi connectivity index (χ0) is 24.7. The molecule has 1 fully saturated rings. The van der Waals surface area contributed by atoms with Crippen molar-refractivity contribution in [2.45, 2.75) is 43.0 Å². The molecule has 3 aromatic rings. The number of halogens is 1. The Morgan fingerprint density at radius 2 is 1.46 bits per heavy atom. The summed E-state index contributed by atoms with van der Waals surface area (Å²) in [5.74, 6) is -1.12. The van der Waals surface area contributed by atoms with E-state index in [4.69, 9.17) is 11.6 Å². The number of carbonyl (C=O) groups excluding carboxylic acids is 2. The number of benzene rings is 3. The van der Waals surface area contributed by atoms with Gasteiger partial charge in [0.1, 0.15) is 4.90 Å². The van der Waals surface area contributed by atoms with Gasteiger partial charge in [0, 0.05) is 28.0 Å². The molecule has 0 saturated heterocycles. The summed E-state index contributed by atoms with van der Waals surface area (Å²) in [7, 11) is -4.74. The molecule has 0 amide bonds. The fourth-order valence-corrected chi connectivity index (χ4v) is 5.72. The van der Waals surface area contributed by atoms with Crippen LogP contribution in [0.4, 0.5) is 17.1 Å². The second-order valence-electron chi connectivity index (χ2n) is 8.83. The lowest BCUT2D eigenvalue weighted by Gasteiger charge is -2.28. The van der Waals surface area contributed by atoms with Gasteiger partial charge in [0.2, 0.25) is 0 Å². The predicted molar refractivity (Wildman–Crippen MR) is 135 cm³/mol. The molecule has 0 aromatic heterocycles. The van der Waals surface area contributed by atoms with Crippen LogP contribution >= 0.6 is 11.6 Å². The normalized spacial score (nSPS) is 15.9. The number of nitrogens with one attached hydrogen (secondary N) is 2. The number of carbonyl (C=O) groups is 2. The van der Waals surface area contributed by atoms with E-state index in [-0.39, 0.29) is 28.3 Å². The summed E-state index contributed by atoms with van der Waals surface area (Å²) >= 11 is 5.99. The summed E-state index contributed by atoms with van der Waals surface area (Å²) in [5.41, 5.74) is 1.42. The molecule has 180 valence electrons. The molecule has 0 radical (unpaired) electrons. The van der Waals surface area contributed by atoms with Gasteiger partial charge in [-0.05, 0) is 55.3 Å². The third-order valence-electron chi connectivity index (χ3n) is 6.52. The highest BCUT2D eigenvalue weighted by Gasteiger charge is 2.38. The van der Waals surface area contributed by atoms with Crippen molar-refractivity contribution in [2.75, 3.05) is 10.6 Å². The van der Waals surface area contributed by atoms with E-state index in [1.807, 2.05) is 0 Å². The van der Waals surface area contributed by atoms with Crippen molar-refractivity contribution in [1.82, 2.24) is 0 Å². The van der Waals surface area contributed by atoms with Crippen molar-refractivity contribution in [2.24, 2.45) is 0 Å². The molecule has 1 saturated carbocycles. The molecule has 35 heavy (non-hydrogen) atoms. The van der Waals surface area contributed by atoms with Crippen LogP contribution in [0.5, 0.6) is 0 Å². The van der Waals surface area contributed by atoms with E-state index in [0.29, 0.717) is 22.1 Å². The highest BCUT2D eigenvalue weighted by molar-refractivity contribution is 7.86. The summed E-state index contributed by atoms with van der Waals surface area (Å²) in [5, 5.41) is 7.15. The van der Waals surface area contributed by atoms with Gasteiger partial charge >= 0.3 is 0 Å². The molecule has 0 unspecified atom stereocenters. The van der Waals surface area contributed by atoms with Crippen LogP contribution in [-0.2, 0) is 10.1 Å². The Hall–Kier alpha value is -3.20. The highest BCUT2D eigenvalue weighted by atomic mass is 35.5. The van der Waals surface area contributed by atoms with Crippen molar-refractivity contribution in [1.29, 1.82) is 0 Å². The van der Waals surface area contributed by atoms with Gasteiger partial charge < -0.3 is 10.6 Å². The summed E-state index contributed by atoms with van der Waals surface area (Å²) < 4.78 is 33.9. The van der Waals surface area contributed by atoms with Crippen molar-refractivity contribution in [3.05, 3.63) is 81.9 Å². The first-order valence-corrected chi connectivity index (χ1v) is 13.2. The molecule has 3 aromatic carbocycles. The minimum absolute atomic E-state index is 0.0482. The Kier molecular flexibility index (Phi) is 6.13. The van der Waals surface area contributed by atoms with Gasteiger partial charge in [-0.15, -0.1) is 0 Å². The minimum Gasteiger partial charge on any atom is -0.382 e. The third-order valence-corrected chi connectivity index (χ3v) is 7.67. The van der Waals surface area contributed by atoms with E-state index in [1.54, 1.807) is 36.4 Å². The molecular formula is C26H23ClN2O5S. The summed E-state index contributed by atoms with van der Waals surface area (Å²) in [6.07, 6.45) is 5.27. The van der Waals surface area contributed by atoms with Crippen molar-refractivity contribution < 1.29 is 22.6 Å². The Morgan fingerprint density at radius 3 is 2.14 bits per heavy atom. The van der Waals surface area contributed by atoms with E-state index in [9.17, 15) is 22.6 Å². The van der Waals surface area contributed by atoms with Crippen molar-refractivity contribution >= 4 is 50.3 Å². The summed E-state index contributed by atoms with van der Waals surface area (Å²) in [6.45, 7) is 0. The molecule has 0 atom stereocenters. The van der Waals surface area contributed by atoms with Gasteiger partial charge in [-0.1, -0.05) is 43.0 Å². The average molecular weight is 511 g/mol. The van der Waals surface area contributed by atoms with Crippen molar-refractivity contribution in [3.63, 3.8) is 0 Å². The molecule has 2 aliphatic rings. The number of rotatable bonds is 5. The van der Waals surface area contributed by atoms with Crippen LogP contribution < -0.4 is 10.6 Å². The predicted octanol–water partition coefficient (Wildman–Crippen LogP) is 5.85. The molecule has 0 aliphatic heterocycles. The number of ketones is 2. The van der Waals surface area contributed by atoms with Crippen LogP contribution in [0.25, 0.3) is 0 Å². The van der Waals surface area contributed by atoms with Crippen LogP contribution in [0.3, 0.4) is 0 Å². The van der Waals surface area contributed by atoms with E-state index < -0.39 is 26.6 Å². The second-order valence-corrected chi connectivity index (χ2v) is 10.7. The molecule has 7 nitrogen and oxygen atoms in total. The Morgan fingerprint density at radius 1 is 0.800 bits per heavy atom.